The highest BCUT2D eigenvalue weighted by molar-refractivity contribution is 5.46. The summed E-state index contributed by atoms with van der Waals surface area (Å²) in [6.45, 7) is 0.136. The van der Waals surface area contributed by atoms with E-state index in [2.05, 4.69) is 15.3 Å². The summed E-state index contributed by atoms with van der Waals surface area (Å²) in [6, 6.07) is 1.66. The molecule has 0 bridgehead atoms. The highest BCUT2D eigenvalue weighted by Crippen LogP contribution is 2.37. The zero-order valence-electron chi connectivity index (χ0n) is 7.20. The molecule has 1 aromatic heterocycles. The maximum atomic E-state index is 9.05. The summed E-state index contributed by atoms with van der Waals surface area (Å²) in [5, 5.41) is 12.2. The van der Waals surface area contributed by atoms with Gasteiger partial charge in [-0.3, -0.25) is 0 Å². The van der Waals surface area contributed by atoms with E-state index in [1.807, 2.05) is 0 Å². The van der Waals surface area contributed by atoms with Gasteiger partial charge >= 0.3 is 0 Å². The van der Waals surface area contributed by atoms with Gasteiger partial charge < -0.3 is 16.2 Å². The summed E-state index contributed by atoms with van der Waals surface area (Å²) in [5.74, 6) is 1.12. The minimum absolute atomic E-state index is 0.136. The van der Waals surface area contributed by atoms with Gasteiger partial charge in [-0.15, -0.1) is 0 Å². The van der Waals surface area contributed by atoms with E-state index in [-0.39, 0.29) is 12.1 Å². The molecule has 1 aromatic rings. The van der Waals surface area contributed by atoms with Crippen LogP contribution in [0.15, 0.2) is 12.4 Å². The van der Waals surface area contributed by atoms with Crippen molar-refractivity contribution in [3.8, 4) is 0 Å². The summed E-state index contributed by atoms with van der Waals surface area (Å²) in [7, 11) is 0. The molecule has 70 valence electrons. The van der Waals surface area contributed by atoms with E-state index in [9.17, 15) is 0 Å². The van der Waals surface area contributed by atoms with Crippen LogP contribution in [0.25, 0.3) is 0 Å². The van der Waals surface area contributed by atoms with Crippen molar-refractivity contribution in [1.29, 1.82) is 0 Å². The first kappa shape index (κ1) is 8.25. The maximum Gasteiger partial charge on any atom is 0.131 e. The molecular formula is C8H12N4O. The summed E-state index contributed by atoms with van der Waals surface area (Å²) in [4.78, 5) is 7.78. The lowest BCUT2D eigenvalue weighted by Crippen LogP contribution is -2.26. The van der Waals surface area contributed by atoms with Gasteiger partial charge in [0.15, 0.2) is 0 Å². The first-order valence-corrected chi connectivity index (χ1v) is 4.21. The number of nitrogen functional groups attached to an aromatic ring is 1. The molecule has 1 fully saturated rings. The molecule has 0 aromatic carbocycles. The molecule has 13 heavy (non-hydrogen) atoms. The van der Waals surface area contributed by atoms with Crippen LogP contribution in [-0.2, 0) is 0 Å². The Kier molecular flexibility index (Phi) is 1.81. The Labute approximate surface area is 76.0 Å². The van der Waals surface area contributed by atoms with E-state index in [0.717, 1.165) is 12.8 Å². The Hall–Kier alpha value is -1.36. The predicted molar refractivity (Wildman–Crippen MR) is 49.1 cm³/mol. The van der Waals surface area contributed by atoms with Crippen LogP contribution in [0.3, 0.4) is 0 Å². The van der Waals surface area contributed by atoms with Gasteiger partial charge in [0.05, 0.1) is 12.1 Å². The average molecular weight is 180 g/mol. The number of aliphatic hydroxyl groups is 1. The second-order valence-electron chi connectivity index (χ2n) is 3.39. The largest absolute Gasteiger partial charge is 0.394 e. The number of aliphatic hydroxyl groups excluding tert-OH is 1. The Morgan fingerprint density at radius 1 is 1.54 bits per heavy atom. The van der Waals surface area contributed by atoms with Crippen molar-refractivity contribution >= 4 is 11.6 Å². The molecule has 1 heterocycles. The van der Waals surface area contributed by atoms with Crippen molar-refractivity contribution < 1.29 is 5.11 Å². The van der Waals surface area contributed by atoms with Crippen molar-refractivity contribution in [2.24, 2.45) is 0 Å². The zero-order chi connectivity index (χ0) is 9.31. The highest BCUT2D eigenvalue weighted by atomic mass is 16.3. The molecule has 2 rings (SSSR count). The quantitative estimate of drug-likeness (QED) is 0.609. The molecule has 1 aliphatic carbocycles. The zero-order valence-corrected chi connectivity index (χ0v) is 7.20. The lowest BCUT2D eigenvalue weighted by atomic mass is 10.3. The third-order valence-corrected chi connectivity index (χ3v) is 2.24. The van der Waals surface area contributed by atoms with E-state index in [1.54, 1.807) is 6.07 Å². The first-order chi connectivity index (χ1) is 6.24. The SMILES string of the molecule is Nc1cc(NC2(CO)CC2)ncn1. The molecule has 0 unspecified atom stereocenters. The lowest BCUT2D eigenvalue weighted by molar-refractivity contribution is 0.266. The van der Waals surface area contributed by atoms with E-state index in [0.29, 0.717) is 11.6 Å². The molecular weight excluding hydrogens is 168 g/mol. The minimum atomic E-state index is -0.152. The third kappa shape index (κ3) is 1.70. The highest BCUT2D eigenvalue weighted by Gasteiger charge is 2.42. The molecule has 4 N–H and O–H groups in total. The van der Waals surface area contributed by atoms with Crippen molar-refractivity contribution in [2.45, 2.75) is 18.4 Å². The van der Waals surface area contributed by atoms with Crippen LogP contribution >= 0.6 is 0 Å². The van der Waals surface area contributed by atoms with Crippen molar-refractivity contribution in [2.75, 3.05) is 17.7 Å². The Balaban J connectivity index is 2.09. The lowest BCUT2D eigenvalue weighted by Gasteiger charge is -2.14. The van der Waals surface area contributed by atoms with Crippen LogP contribution in [0.1, 0.15) is 12.8 Å². The molecule has 5 nitrogen and oxygen atoms in total. The third-order valence-electron chi connectivity index (χ3n) is 2.24. The molecule has 0 saturated heterocycles. The smallest absolute Gasteiger partial charge is 0.131 e. The second-order valence-corrected chi connectivity index (χ2v) is 3.39. The van der Waals surface area contributed by atoms with Crippen LogP contribution in [0, 0.1) is 0 Å². The molecule has 0 spiro atoms. The molecule has 0 aliphatic heterocycles. The van der Waals surface area contributed by atoms with E-state index in [4.69, 9.17) is 10.8 Å². The number of hydrogen-bond acceptors (Lipinski definition) is 5. The second kappa shape index (κ2) is 2.85. The monoisotopic (exact) mass is 180 g/mol. The van der Waals surface area contributed by atoms with Gasteiger partial charge in [0.1, 0.15) is 18.0 Å². The number of nitrogens with two attached hydrogens (primary N) is 1. The molecule has 0 atom stereocenters. The fraction of sp³-hybridized carbons (Fsp3) is 0.500. The predicted octanol–water partition coefficient (Wildman–Crippen LogP) is -0.00440. The Morgan fingerprint density at radius 2 is 2.31 bits per heavy atom. The van der Waals surface area contributed by atoms with Gasteiger partial charge in [0, 0.05) is 6.07 Å². The van der Waals surface area contributed by atoms with Crippen LogP contribution in [0.2, 0.25) is 0 Å². The number of rotatable bonds is 3. The minimum Gasteiger partial charge on any atom is -0.394 e. The maximum absolute atomic E-state index is 9.05. The topological polar surface area (TPSA) is 84.1 Å². The fourth-order valence-electron chi connectivity index (χ4n) is 1.19. The number of nitrogens with one attached hydrogen (secondary N) is 1. The van der Waals surface area contributed by atoms with Crippen molar-refractivity contribution in [3.05, 3.63) is 12.4 Å². The van der Waals surface area contributed by atoms with Gasteiger partial charge in [-0.2, -0.15) is 0 Å². The van der Waals surface area contributed by atoms with Crippen LogP contribution < -0.4 is 11.1 Å². The Bertz CT molecular complexity index is 311. The number of anilines is 2. The summed E-state index contributed by atoms with van der Waals surface area (Å²) in [5.41, 5.74) is 5.33. The van der Waals surface area contributed by atoms with Crippen molar-refractivity contribution in [1.82, 2.24) is 9.97 Å². The Morgan fingerprint density at radius 3 is 2.85 bits per heavy atom. The molecule has 5 heteroatoms. The fourth-order valence-corrected chi connectivity index (χ4v) is 1.19. The normalized spacial score (nSPS) is 18.2. The van der Waals surface area contributed by atoms with E-state index in [1.165, 1.54) is 6.33 Å². The average Bonchev–Trinajstić information content (AvgIpc) is 2.86. The summed E-state index contributed by atoms with van der Waals surface area (Å²) >= 11 is 0. The van der Waals surface area contributed by atoms with Gasteiger partial charge in [-0.05, 0) is 12.8 Å². The van der Waals surface area contributed by atoms with Crippen LogP contribution in [0.5, 0.6) is 0 Å². The van der Waals surface area contributed by atoms with Gasteiger partial charge in [-0.25, -0.2) is 9.97 Å². The number of nitrogens with zero attached hydrogens (tertiary/aromatic N) is 2. The van der Waals surface area contributed by atoms with Crippen LogP contribution in [0.4, 0.5) is 11.6 Å². The number of aromatic nitrogens is 2. The standard InChI is InChI=1S/C8H12N4O/c9-6-3-7(11-5-10-6)12-8(4-13)1-2-8/h3,5,13H,1-2,4H2,(H3,9,10,11,12). The summed E-state index contributed by atoms with van der Waals surface area (Å²) < 4.78 is 0. The number of hydrogen-bond donors (Lipinski definition) is 3. The van der Waals surface area contributed by atoms with Gasteiger partial charge in [0.25, 0.3) is 0 Å². The molecule has 0 amide bonds. The van der Waals surface area contributed by atoms with E-state index >= 15 is 0 Å². The van der Waals surface area contributed by atoms with Gasteiger partial charge in [-0.1, -0.05) is 0 Å². The molecule has 0 radical (unpaired) electrons. The van der Waals surface area contributed by atoms with Crippen molar-refractivity contribution in [3.63, 3.8) is 0 Å². The summed E-state index contributed by atoms with van der Waals surface area (Å²) in [6.07, 6.45) is 3.37. The van der Waals surface area contributed by atoms with E-state index < -0.39 is 0 Å². The van der Waals surface area contributed by atoms with Crippen LogP contribution in [-0.4, -0.2) is 27.2 Å². The molecule has 1 aliphatic rings. The first-order valence-electron chi connectivity index (χ1n) is 4.21. The molecule has 1 saturated carbocycles. The van der Waals surface area contributed by atoms with Gasteiger partial charge in [0.2, 0.25) is 0 Å².